The van der Waals surface area contributed by atoms with Crippen LogP contribution < -0.4 is 5.32 Å². The van der Waals surface area contributed by atoms with E-state index in [4.69, 9.17) is 4.94 Å². The van der Waals surface area contributed by atoms with Crippen LogP contribution in [0.1, 0.15) is 26.2 Å². The molecule has 2 rings (SSSR count). The second-order valence-corrected chi connectivity index (χ2v) is 3.76. The predicted octanol–water partition coefficient (Wildman–Crippen LogP) is 0.816. The zero-order valence-corrected chi connectivity index (χ0v) is 7.82. The lowest BCUT2D eigenvalue weighted by atomic mass is 9.93. The summed E-state index contributed by atoms with van der Waals surface area (Å²) in [6.07, 6.45) is 3.14. The molecule has 2 atom stereocenters. The molecular weight excluding hydrogens is 170 g/mol. The second-order valence-electron chi connectivity index (χ2n) is 3.76. The molecular formula is C8H15N3O2. The lowest BCUT2D eigenvalue weighted by molar-refractivity contribution is -0.105. The first-order valence-corrected chi connectivity index (χ1v) is 4.85. The maximum Gasteiger partial charge on any atom is 0.176 e. The average molecular weight is 185 g/mol. The summed E-state index contributed by atoms with van der Waals surface area (Å²) in [6, 6.07) is 0.396. The Morgan fingerprint density at radius 2 is 2.31 bits per heavy atom. The van der Waals surface area contributed by atoms with Gasteiger partial charge in [-0.2, -0.15) is 0 Å². The molecule has 1 N–H and O–H groups in total. The van der Waals surface area contributed by atoms with Crippen molar-refractivity contribution in [1.29, 1.82) is 0 Å². The minimum absolute atomic E-state index is 0.119. The van der Waals surface area contributed by atoms with Crippen LogP contribution in [0.4, 0.5) is 0 Å². The van der Waals surface area contributed by atoms with Crippen molar-refractivity contribution < 1.29 is 4.94 Å². The summed E-state index contributed by atoms with van der Waals surface area (Å²) >= 11 is 0. The number of nitrogens with zero attached hydrogens (tertiary/aromatic N) is 2. The van der Waals surface area contributed by atoms with E-state index >= 15 is 0 Å². The van der Waals surface area contributed by atoms with Crippen molar-refractivity contribution in [3.63, 3.8) is 0 Å². The SMILES string of the molecule is CCC1N(ON=O)C12CCNCC2. The van der Waals surface area contributed by atoms with Crippen LogP contribution in [0.2, 0.25) is 0 Å². The molecule has 2 saturated heterocycles. The summed E-state index contributed by atoms with van der Waals surface area (Å²) in [5.41, 5.74) is 0.119. The summed E-state index contributed by atoms with van der Waals surface area (Å²) in [6.45, 7) is 4.13. The zero-order chi connectivity index (χ0) is 9.31. The maximum absolute atomic E-state index is 10.0. The molecule has 0 aromatic heterocycles. The van der Waals surface area contributed by atoms with Gasteiger partial charge in [-0.3, -0.25) is 4.94 Å². The maximum atomic E-state index is 10.0. The molecule has 2 fully saturated rings. The van der Waals surface area contributed by atoms with Gasteiger partial charge in [-0.15, -0.1) is 9.97 Å². The highest BCUT2D eigenvalue weighted by Crippen LogP contribution is 2.49. The Bertz CT molecular complexity index is 204. The van der Waals surface area contributed by atoms with E-state index < -0.39 is 0 Å². The van der Waals surface area contributed by atoms with Crippen LogP contribution in [0, 0.1) is 4.91 Å². The second kappa shape index (κ2) is 3.23. The van der Waals surface area contributed by atoms with Gasteiger partial charge in [0, 0.05) is 0 Å². The fourth-order valence-corrected chi connectivity index (χ4v) is 2.54. The first kappa shape index (κ1) is 8.90. The fourth-order valence-electron chi connectivity index (χ4n) is 2.54. The predicted molar refractivity (Wildman–Crippen MR) is 47.6 cm³/mol. The molecule has 2 unspecified atom stereocenters. The van der Waals surface area contributed by atoms with Gasteiger partial charge in [-0.25, -0.2) is 0 Å². The summed E-state index contributed by atoms with van der Waals surface area (Å²) in [5, 5.41) is 7.56. The Kier molecular flexibility index (Phi) is 2.21. The van der Waals surface area contributed by atoms with E-state index in [-0.39, 0.29) is 5.54 Å². The lowest BCUT2D eigenvalue weighted by Crippen LogP contribution is -2.36. The zero-order valence-electron chi connectivity index (χ0n) is 7.82. The third-order valence-corrected chi connectivity index (χ3v) is 3.25. The van der Waals surface area contributed by atoms with E-state index in [1.165, 1.54) is 0 Å². The van der Waals surface area contributed by atoms with Crippen LogP contribution >= 0.6 is 0 Å². The van der Waals surface area contributed by atoms with E-state index in [2.05, 4.69) is 17.6 Å². The van der Waals surface area contributed by atoms with Crippen LogP contribution in [0.5, 0.6) is 0 Å². The summed E-state index contributed by atoms with van der Waals surface area (Å²) < 4.78 is 0. The van der Waals surface area contributed by atoms with Gasteiger partial charge in [0.25, 0.3) is 0 Å². The molecule has 2 aliphatic rings. The number of hydroxylamine groups is 2. The molecule has 5 nitrogen and oxygen atoms in total. The minimum Gasteiger partial charge on any atom is -0.317 e. The largest absolute Gasteiger partial charge is 0.317 e. The Morgan fingerprint density at radius 1 is 1.62 bits per heavy atom. The summed E-state index contributed by atoms with van der Waals surface area (Å²) in [7, 11) is 0. The normalized spacial score (nSPS) is 35.8. The Morgan fingerprint density at radius 3 is 2.85 bits per heavy atom. The van der Waals surface area contributed by atoms with Crippen molar-refractivity contribution >= 4 is 0 Å². The first-order chi connectivity index (χ1) is 6.35. The quantitative estimate of drug-likeness (QED) is 0.401. The van der Waals surface area contributed by atoms with Crippen LogP contribution in [-0.4, -0.2) is 29.7 Å². The van der Waals surface area contributed by atoms with Crippen LogP contribution in [-0.2, 0) is 4.94 Å². The van der Waals surface area contributed by atoms with Crippen molar-refractivity contribution in [3.8, 4) is 0 Å². The highest BCUT2D eigenvalue weighted by atomic mass is 16.9. The first-order valence-electron chi connectivity index (χ1n) is 4.85. The van der Waals surface area contributed by atoms with Gasteiger partial charge in [0.2, 0.25) is 0 Å². The number of nitrogens with one attached hydrogen (secondary N) is 1. The van der Waals surface area contributed by atoms with E-state index in [1.54, 1.807) is 5.06 Å². The van der Waals surface area contributed by atoms with Gasteiger partial charge in [0.15, 0.2) is 5.34 Å². The molecule has 2 heterocycles. The Balaban J connectivity index is 2.01. The summed E-state index contributed by atoms with van der Waals surface area (Å²) in [5.74, 6) is 0. The minimum atomic E-state index is 0.119. The average Bonchev–Trinajstić information content (AvgIpc) is 2.74. The molecule has 13 heavy (non-hydrogen) atoms. The fraction of sp³-hybridized carbons (Fsp3) is 1.00. The van der Waals surface area contributed by atoms with E-state index in [1.807, 2.05) is 0 Å². The highest BCUT2D eigenvalue weighted by Gasteiger charge is 2.64. The van der Waals surface area contributed by atoms with Gasteiger partial charge in [-0.05, 0) is 32.4 Å². The van der Waals surface area contributed by atoms with E-state index in [9.17, 15) is 4.91 Å². The number of hydrogen-bond acceptors (Lipinski definition) is 5. The molecule has 74 valence electrons. The third kappa shape index (κ3) is 1.23. The van der Waals surface area contributed by atoms with Gasteiger partial charge in [-0.1, -0.05) is 6.92 Å². The van der Waals surface area contributed by atoms with Crippen LogP contribution in [0.25, 0.3) is 0 Å². The standard InChI is InChI=1S/C8H15N3O2/c1-2-7-8(11(7)13-10-12)3-5-9-6-4-8/h7,9H,2-6H2,1H3. The molecule has 5 heteroatoms. The van der Waals surface area contributed by atoms with Crippen LogP contribution in [0.3, 0.4) is 0 Å². The van der Waals surface area contributed by atoms with Crippen molar-refractivity contribution in [2.24, 2.45) is 5.34 Å². The summed E-state index contributed by atoms with van der Waals surface area (Å²) in [4.78, 5) is 14.7. The molecule has 0 saturated carbocycles. The number of rotatable bonds is 3. The van der Waals surface area contributed by atoms with E-state index in [0.717, 1.165) is 32.4 Å². The van der Waals surface area contributed by atoms with Gasteiger partial charge >= 0.3 is 0 Å². The Hall–Kier alpha value is -0.680. The molecule has 0 radical (unpaired) electrons. The van der Waals surface area contributed by atoms with Crippen molar-refractivity contribution in [3.05, 3.63) is 4.91 Å². The van der Waals surface area contributed by atoms with Gasteiger partial charge < -0.3 is 5.32 Å². The lowest BCUT2D eigenvalue weighted by Gasteiger charge is -2.21. The molecule has 0 aromatic rings. The molecule has 0 amide bonds. The molecule has 0 aliphatic carbocycles. The monoisotopic (exact) mass is 185 g/mol. The molecule has 2 aliphatic heterocycles. The van der Waals surface area contributed by atoms with E-state index in [0.29, 0.717) is 6.04 Å². The molecule has 0 bridgehead atoms. The highest BCUT2D eigenvalue weighted by molar-refractivity contribution is 5.14. The van der Waals surface area contributed by atoms with Gasteiger partial charge in [0.05, 0.1) is 11.6 Å². The Labute approximate surface area is 77.3 Å². The van der Waals surface area contributed by atoms with Crippen molar-refractivity contribution in [1.82, 2.24) is 10.4 Å². The smallest absolute Gasteiger partial charge is 0.176 e. The van der Waals surface area contributed by atoms with Crippen molar-refractivity contribution in [2.75, 3.05) is 13.1 Å². The topological polar surface area (TPSA) is 53.7 Å². The molecule has 1 spiro atoms. The molecule has 0 aromatic carbocycles. The number of piperidine rings is 1. The van der Waals surface area contributed by atoms with Crippen molar-refractivity contribution in [2.45, 2.75) is 37.8 Å². The number of hydrogen-bond donors (Lipinski definition) is 1. The van der Waals surface area contributed by atoms with Crippen LogP contribution in [0.15, 0.2) is 5.34 Å². The third-order valence-electron chi connectivity index (χ3n) is 3.25. The van der Waals surface area contributed by atoms with Gasteiger partial charge in [0.1, 0.15) is 0 Å².